The van der Waals surface area contributed by atoms with E-state index in [9.17, 15) is 4.79 Å². The van der Waals surface area contributed by atoms with E-state index in [4.69, 9.17) is 22.4 Å². The molecule has 0 aromatic carbocycles. The topological polar surface area (TPSA) is 63.3 Å². The molecule has 3 N–H and O–H groups in total. The van der Waals surface area contributed by atoms with Crippen molar-refractivity contribution in [2.45, 2.75) is 25.2 Å². The lowest BCUT2D eigenvalue weighted by atomic mass is 10.4. The van der Waals surface area contributed by atoms with E-state index < -0.39 is 20.1 Å². The Balaban J connectivity index is 3.93. The Morgan fingerprint density at radius 1 is 1.73 bits per heavy atom. The van der Waals surface area contributed by atoms with Crippen LogP contribution in [-0.2, 0) is 4.79 Å². The van der Waals surface area contributed by atoms with Gasteiger partial charge in [-0.1, -0.05) is 13.1 Å². The maximum Gasteiger partial charge on any atom is 0.320 e. The van der Waals surface area contributed by atoms with Crippen LogP contribution in [0.2, 0.25) is 19.1 Å². The standard InChI is InChI=1S/C6H14ClNO2Si/c1-11(2,4-7)3-5(8)6(9)10/h5H,3-4,8H2,1-2H3,(H,9,10)/t5-/m0/s1. The van der Waals surface area contributed by atoms with Crippen LogP contribution < -0.4 is 5.73 Å². The number of halogens is 1. The number of carboxylic acid groups (broad SMARTS) is 1. The van der Waals surface area contributed by atoms with Crippen LogP contribution in [0.15, 0.2) is 0 Å². The number of hydrogen-bond donors (Lipinski definition) is 2. The van der Waals surface area contributed by atoms with Crippen LogP contribution in [0.25, 0.3) is 0 Å². The fourth-order valence-corrected chi connectivity index (χ4v) is 2.54. The number of carbonyl (C=O) groups is 1. The maximum atomic E-state index is 10.3. The molecule has 0 saturated carbocycles. The van der Waals surface area contributed by atoms with Crippen LogP contribution in [0, 0.1) is 0 Å². The smallest absolute Gasteiger partial charge is 0.320 e. The van der Waals surface area contributed by atoms with Gasteiger partial charge < -0.3 is 10.8 Å². The molecule has 0 aliphatic carbocycles. The molecular formula is C6H14ClNO2Si. The molecule has 0 saturated heterocycles. The Kier molecular flexibility index (Phi) is 4.06. The fraction of sp³-hybridized carbons (Fsp3) is 0.833. The van der Waals surface area contributed by atoms with Crippen LogP contribution >= 0.6 is 11.6 Å². The van der Waals surface area contributed by atoms with E-state index in [1.807, 2.05) is 13.1 Å². The number of rotatable bonds is 4. The highest BCUT2D eigenvalue weighted by Crippen LogP contribution is 2.12. The lowest BCUT2D eigenvalue weighted by molar-refractivity contribution is -0.138. The molecule has 66 valence electrons. The van der Waals surface area contributed by atoms with E-state index in [0.29, 0.717) is 11.5 Å². The summed E-state index contributed by atoms with van der Waals surface area (Å²) in [5, 5.41) is 8.49. The molecule has 0 aliphatic rings. The summed E-state index contributed by atoms with van der Waals surface area (Å²) >= 11 is 5.66. The summed E-state index contributed by atoms with van der Waals surface area (Å²) in [7, 11) is -1.54. The number of hydrogen-bond acceptors (Lipinski definition) is 2. The molecule has 0 unspecified atom stereocenters. The second-order valence-corrected chi connectivity index (χ2v) is 9.25. The van der Waals surface area contributed by atoms with Gasteiger partial charge in [-0.3, -0.25) is 4.79 Å². The van der Waals surface area contributed by atoms with Gasteiger partial charge in [-0.25, -0.2) is 0 Å². The van der Waals surface area contributed by atoms with Crippen LogP contribution in [-0.4, -0.2) is 30.7 Å². The predicted octanol–water partition coefficient (Wildman–Crippen LogP) is 0.885. The van der Waals surface area contributed by atoms with Crippen LogP contribution in [0.3, 0.4) is 0 Å². The van der Waals surface area contributed by atoms with E-state index >= 15 is 0 Å². The van der Waals surface area contributed by atoms with E-state index in [-0.39, 0.29) is 0 Å². The molecule has 0 heterocycles. The second kappa shape index (κ2) is 4.09. The third-order valence-corrected chi connectivity index (χ3v) is 5.89. The van der Waals surface area contributed by atoms with Gasteiger partial charge in [-0.15, -0.1) is 11.6 Å². The zero-order valence-electron chi connectivity index (χ0n) is 6.80. The Labute approximate surface area is 72.5 Å². The first kappa shape index (κ1) is 10.9. The van der Waals surface area contributed by atoms with E-state index in [2.05, 4.69) is 0 Å². The van der Waals surface area contributed by atoms with Crippen molar-refractivity contribution >= 4 is 25.6 Å². The Hall–Kier alpha value is -0.0631. The number of carboxylic acids is 1. The Bertz CT molecular complexity index is 152. The van der Waals surface area contributed by atoms with Gasteiger partial charge in [0.2, 0.25) is 0 Å². The van der Waals surface area contributed by atoms with Crippen molar-refractivity contribution in [2.75, 3.05) is 5.50 Å². The first-order valence-electron chi connectivity index (χ1n) is 3.43. The molecule has 0 aromatic heterocycles. The van der Waals surface area contributed by atoms with Crippen molar-refractivity contribution in [3.63, 3.8) is 0 Å². The van der Waals surface area contributed by atoms with Crippen LogP contribution in [0.5, 0.6) is 0 Å². The minimum absolute atomic E-state index is 0.547. The van der Waals surface area contributed by atoms with Gasteiger partial charge in [0.1, 0.15) is 6.04 Å². The normalized spacial score (nSPS) is 14.5. The summed E-state index contributed by atoms with van der Waals surface area (Å²) in [6.07, 6.45) is 0. The average molecular weight is 196 g/mol. The van der Waals surface area contributed by atoms with Gasteiger partial charge in [0.05, 0.1) is 8.07 Å². The first-order chi connectivity index (χ1) is 4.89. The third kappa shape index (κ3) is 4.39. The highest BCUT2D eigenvalue weighted by Gasteiger charge is 2.25. The lowest BCUT2D eigenvalue weighted by Gasteiger charge is -2.20. The quantitative estimate of drug-likeness (QED) is 0.517. The zero-order valence-corrected chi connectivity index (χ0v) is 8.56. The molecule has 0 fully saturated rings. The molecule has 1 atom stereocenters. The van der Waals surface area contributed by atoms with Gasteiger partial charge >= 0.3 is 5.97 Å². The Morgan fingerprint density at radius 3 is 2.45 bits per heavy atom. The molecule has 5 heteroatoms. The zero-order chi connectivity index (χ0) is 9.07. The van der Waals surface area contributed by atoms with Crippen LogP contribution in [0.4, 0.5) is 0 Å². The third-order valence-electron chi connectivity index (χ3n) is 1.45. The highest BCUT2D eigenvalue weighted by atomic mass is 35.5. The van der Waals surface area contributed by atoms with E-state index in [1.165, 1.54) is 0 Å². The molecule has 0 amide bonds. The summed E-state index contributed by atoms with van der Waals surface area (Å²) in [6.45, 7) is 4.06. The lowest BCUT2D eigenvalue weighted by Crippen LogP contribution is -2.41. The van der Waals surface area contributed by atoms with Gasteiger partial charge in [0.15, 0.2) is 0 Å². The minimum Gasteiger partial charge on any atom is -0.480 e. The second-order valence-electron chi connectivity index (χ2n) is 3.45. The molecule has 0 spiro atoms. The van der Waals surface area contributed by atoms with E-state index in [1.54, 1.807) is 0 Å². The molecule has 0 bridgehead atoms. The summed E-state index contributed by atoms with van der Waals surface area (Å²) in [6, 6.07) is -0.193. The average Bonchev–Trinajstić information content (AvgIpc) is 1.87. The highest BCUT2D eigenvalue weighted by molar-refractivity contribution is 6.83. The van der Waals surface area contributed by atoms with Crippen LogP contribution in [0.1, 0.15) is 0 Å². The fourth-order valence-electron chi connectivity index (χ4n) is 0.737. The number of alkyl halides is 1. The molecule has 0 aliphatic heterocycles. The summed E-state index contributed by atoms with van der Waals surface area (Å²) in [4.78, 5) is 10.3. The summed E-state index contributed by atoms with van der Waals surface area (Å²) in [5.41, 5.74) is 5.92. The largest absolute Gasteiger partial charge is 0.480 e. The van der Waals surface area contributed by atoms with Gasteiger partial charge in [-0.05, 0) is 6.04 Å². The maximum absolute atomic E-state index is 10.3. The van der Waals surface area contributed by atoms with Crippen molar-refractivity contribution in [2.24, 2.45) is 5.73 Å². The predicted molar refractivity (Wildman–Crippen MR) is 48.6 cm³/mol. The monoisotopic (exact) mass is 195 g/mol. The molecule has 11 heavy (non-hydrogen) atoms. The van der Waals surface area contributed by atoms with Gasteiger partial charge in [0, 0.05) is 5.50 Å². The summed E-state index contributed by atoms with van der Waals surface area (Å²) < 4.78 is 0. The van der Waals surface area contributed by atoms with E-state index in [0.717, 1.165) is 0 Å². The number of nitrogens with two attached hydrogens (primary N) is 1. The molecular weight excluding hydrogens is 182 g/mol. The first-order valence-corrected chi connectivity index (χ1v) is 7.38. The summed E-state index contributed by atoms with van der Waals surface area (Å²) in [5.74, 6) is -0.935. The molecule has 0 radical (unpaired) electrons. The van der Waals surface area contributed by atoms with Crippen molar-refractivity contribution in [3.8, 4) is 0 Å². The SMILES string of the molecule is C[Si](C)(CCl)C[C@H](N)C(=O)O. The van der Waals surface area contributed by atoms with Gasteiger partial charge in [-0.2, -0.15) is 0 Å². The molecule has 3 nitrogen and oxygen atoms in total. The molecule has 0 aromatic rings. The van der Waals surface area contributed by atoms with Crippen molar-refractivity contribution in [1.82, 2.24) is 0 Å². The van der Waals surface area contributed by atoms with Crippen molar-refractivity contribution in [3.05, 3.63) is 0 Å². The Morgan fingerprint density at radius 2 is 2.18 bits per heavy atom. The van der Waals surface area contributed by atoms with Crippen molar-refractivity contribution in [1.29, 1.82) is 0 Å². The van der Waals surface area contributed by atoms with Gasteiger partial charge in [0.25, 0.3) is 0 Å². The van der Waals surface area contributed by atoms with Crippen molar-refractivity contribution < 1.29 is 9.90 Å². The molecule has 0 rings (SSSR count). The number of aliphatic carboxylic acids is 1. The minimum atomic E-state index is -1.54.